The second-order valence-corrected chi connectivity index (χ2v) is 4.25. The topological polar surface area (TPSA) is 50.1 Å². The second-order valence-electron chi connectivity index (χ2n) is 4.25. The summed E-state index contributed by atoms with van der Waals surface area (Å²) in [4.78, 5) is 11.0. The third kappa shape index (κ3) is 1.70. The second kappa shape index (κ2) is 3.49. The van der Waals surface area contributed by atoms with E-state index in [0.717, 1.165) is 6.29 Å². The van der Waals surface area contributed by atoms with Gasteiger partial charge in [0.25, 0.3) is 0 Å². The molecule has 1 aromatic rings. The number of aldehydes is 1. The van der Waals surface area contributed by atoms with Crippen LogP contribution in [-0.2, 0) is 4.79 Å². The largest absolute Gasteiger partial charge is 0.483 e. The van der Waals surface area contributed by atoms with Crippen LogP contribution in [0.2, 0.25) is 0 Å². The van der Waals surface area contributed by atoms with E-state index in [4.69, 9.17) is 10.00 Å². The van der Waals surface area contributed by atoms with Crippen LogP contribution in [0.1, 0.15) is 25.0 Å². The summed E-state index contributed by atoms with van der Waals surface area (Å²) in [5, 5.41) is 8.80. The molecule has 0 saturated heterocycles. The predicted octanol–water partition coefficient (Wildman–Crippen LogP) is 2.31. The highest BCUT2D eigenvalue weighted by Crippen LogP contribution is 2.35. The molecular formula is C13H11NO2. The lowest BCUT2D eigenvalue weighted by atomic mass is 9.94. The molecule has 1 aliphatic rings. The van der Waals surface area contributed by atoms with Crippen LogP contribution in [0.25, 0.3) is 5.57 Å². The lowest BCUT2D eigenvalue weighted by Crippen LogP contribution is -2.29. The minimum Gasteiger partial charge on any atom is -0.483 e. The molecule has 0 spiro atoms. The van der Waals surface area contributed by atoms with Crippen LogP contribution >= 0.6 is 0 Å². The number of nitrogens with zero attached hydrogens (tertiary/aromatic N) is 1. The summed E-state index contributed by atoms with van der Waals surface area (Å²) in [6, 6.07) is 7.13. The fraction of sp³-hybridized carbons (Fsp3) is 0.231. The number of hydrogen-bond donors (Lipinski definition) is 0. The summed E-state index contributed by atoms with van der Waals surface area (Å²) in [5.74, 6) is 0.647. The van der Waals surface area contributed by atoms with Crippen molar-refractivity contribution in [2.24, 2.45) is 0 Å². The van der Waals surface area contributed by atoms with E-state index in [1.54, 1.807) is 24.3 Å². The normalized spacial score (nSPS) is 16.4. The van der Waals surface area contributed by atoms with Gasteiger partial charge in [-0.1, -0.05) is 0 Å². The Kier molecular flexibility index (Phi) is 2.28. The molecule has 0 atom stereocenters. The molecular weight excluding hydrogens is 202 g/mol. The number of ether oxygens (including phenoxy) is 1. The number of carbonyl (C=O) groups is 1. The van der Waals surface area contributed by atoms with Gasteiger partial charge in [0.2, 0.25) is 0 Å². The Morgan fingerprint density at radius 3 is 2.81 bits per heavy atom. The van der Waals surface area contributed by atoms with Gasteiger partial charge in [0.15, 0.2) is 6.29 Å². The average Bonchev–Trinajstić information content (AvgIpc) is 2.26. The Morgan fingerprint density at radius 2 is 2.19 bits per heavy atom. The minimum atomic E-state index is -0.489. The fourth-order valence-electron chi connectivity index (χ4n) is 1.78. The first-order chi connectivity index (χ1) is 7.55. The van der Waals surface area contributed by atoms with Crippen LogP contribution in [0.5, 0.6) is 5.75 Å². The van der Waals surface area contributed by atoms with Crippen LogP contribution in [0, 0.1) is 11.3 Å². The van der Waals surface area contributed by atoms with E-state index in [1.807, 2.05) is 19.9 Å². The Bertz CT molecular complexity index is 521. The van der Waals surface area contributed by atoms with E-state index in [-0.39, 0.29) is 0 Å². The van der Waals surface area contributed by atoms with Crippen LogP contribution in [0.15, 0.2) is 24.3 Å². The summed E-state index contributed by atoms with van der Waals surface area (Å²) >= 11 is 0. The van der Waals surface area contributed by atoms with E-state index < -0.39 is 5.60 Å². The van der Waals surface area contributed by atoms with Crippen molar-refractivity contribution in [1.82, 2.24) is 0 Å². The highest BCUT2D eigenvalue weighted by Gasteiger charge is 2.26. The van der Waals surface area contributed by atoms with Crippen LogP contribution in [0.3, 0.4) is 0 Å². The zero-order valence-corrected chi connectivity index (χ0v) is 9.15. The highest BCUT2D eigenvalue weighted by molar-refractivity contribution is 6.09. The molecule has 0 unspecified atom stereocenters. The van der Waals surface area contributed by atoms with Crippen molar-refractivity contribution in [2.45, 2.75) is 19.4 Å². The van der Waals surface area contributed by atoms with Crippen LogP contribution in [-0.4, -0.2) is 11.9 Å². The number of fused-ring (bicyclic) bond motifs is 1. The zero-order chi connectivity index (χ0) is 11.8. The SMILES string of the molecule is CC1(C)C=C(C=O)c2cc(C#N)ccc2O1. The Labute approximate surface area is 94.0 Å². The number of carbonyl (C=O) groups excluding carboxylic acids is 1. The van der Waals surface area contributed by atoms with Gasteiger partial charge >= 0.3 is 0 Å². The molecule has 0 saturated carbocycles. The maximum atomic E-state index is 11.0. The number of nitriles is 1. The first kappa shape index (κ1) is 10.4. The van der Waals surface area contributed by atoms with Crippen molar-refractivity contribution in [3.8, 4) is 11.8 Å². The van der Waals surface area contributed by atoms with Crippen LogP contribution in [0.4, 0.5) is 0 Å². The smallest absolute Gasteiger partial charge is 0.150 e. The molecule has 3 heteroatoms. The Hall–Kier alpha value is -2.08. The standard InChI is InChI=1S/C13H11NO2/c1-13(2)6-10(8-15)11-5-9(7-14)3-4-12(11)16-13/h3-6,8H,1-2H3. The summed E-state index contributed by atoms with van der Waals surface area (Å²) in [7, 11) is 0. The number of rotatable bonds is 1. The maximum Gasteiger partial charge on any atom is 0.150 e. The molecule has 1 heterocycles. The minimum absolute atomic E-state index is 0.489. The highest BCUT2D eigenvalue weighted by atomic mass is 16.5. The summed E-state index contributed by atoms with van der Waals surface area (Å²) in [6.45, 7) is 3.77. The van der Waals surface area contributed by atoms with Gasteiger partial charge < -0.3 is 4.74 Å². The van der Waals surface area contributed by atoms with Crippen LogP contribution < -0.4 is 4.74 Å². The van der Waals surface area contributed by atoms with E-state index in [0.29, 0.717) is 22.4 Å². The zero-order valence-electron chi connectivity index (χ0n) is 9.15. The van der Waals surface area contributed by atoms with Crippen molar-refractivity contribution in [3.63, 3.8) is 0 Å². The first-order valence-electron chi connectivity index (χ1n) is 4.97. The third-order valence-electron chi connectivity index (χ3n) is 2.42. The average molecular weight is 213 g/mol. The van der Waals surface area contributed by atoms with Gasteiger partial charge in [0.05, 0.1) is 11.6 Å². The lowest BCUT2D eigenvalue weighted by molar-refractivity contribution is -0.103. The van der Waals surface area contributed by atoms with Gasteiger partial charge in [-0.2, -0.15) is 5.26 Å². The van der Waals surface area contributed by atoms with Crippen molar-refractivity contribution < 1.29 is 9.53 Å². The van der Waals surface area contributed by atoms with Gasteiger partial charge in [0.1, 0.15) is 11.4 Å². The van der Waals surface area contributed by atoms with Crippen molar-refractivity contribution >= 4 is 11.9 Å². The molecule has 3 nitrogen and oxygen atoms in total. The van der Waals surface area contributed by atoms with E-state index in [2.05, 4.69) is 0 Å². The Balaban J connectivity index is 2.61. The molecule has 1 aromatic carbocycles. The van der Waals surface area contributed by atoms with Crippen molar-refractivity contribution in [1.29, 1.82) is 5.26 Å². The molecule has 0 fully saturated rings. The summed E-state index contributed by atoms with van der Waals surface area (Å²) in [5.41, 5.74) is 1.30. The van der Waals surface area contributed by atoms with Gasteiger partial charge in [-0.15, -0.1) is 0 Å². The van der Waals surface area contributed by atoms with E-state index in [9.17, 15) is 4.79 Å². The third-order valence-corrected chi connectivity index (χ3v) is 2.42. The molecule has 0 amide bonds. The van der Waals surface area contributed by atoms with Gasteiger partial charge in [-0.05, 0) is 38.1 Å². The lowest BCUT2D eigenvalue weighted by Gasteiger charge is -2.29. The predicted molar refractivity (Wildman–Crippen MR) is 59.9 cm³/mol. The molecule has 2 rings (SSSR count). The number of allylic oxidation sites excluding steroid dienone is 1. The molecule has 1 aliphatic heterocycles. The summed E-state index contributed by atoms with van der Waals surface area (Å²) in [6.07, 6.45) is 2.56. The molecule has 0 aliphatic carbocycles. The van der Waals surface area contributed by atoms with E-state index >= 15 is 0 Å². The maximum absolute atomic E-state index is 11.0. The van der Waals surface area contributed by atoms with Gasteiger partial charge in [-0.3, -0.25) is 4.79 Å². The quantitative estimate of drug-likeness (QED) is 0.672. The number of benzene rings is 1. The van der Waals surface area contributed by atoms with Crippen molar-refractivity contribution in [3.05, 3.63) is 35.4 Å². The summed E-state index contributed by atoms with van der Waals surface area (Å²) < 4.78 is 5.71. The van der Waals surface area contributed by atoms with Gasteiger partial charge in [-0.25, -0.2) is 0 Å². The molecule has 0 bridgehead atoms. The fourth-order valence-corrected chi connectivity index (χ4v) is 1.78. The van der Waals surface area contributed by atoms with Crippen molar-refractivity contribution in [2.75, 3.05) is 0 Å². The number of hydrogen-bond acceptors (Lipinski definition) is 3. The molecule has 16 heavy (non-hydrogen) atoms. The Morgan fingerprint density at radius 1 is 1.44 bits per heavy atom. The first-order valence-corrected chi connectivity index (χ1v) is 4.97. The monoisotopic (exact) mass is 213 g/mol. The molecule has 0 aromatic heterocycles. The molecule has 0 N–H and O–H groups in total. The van der Waals surface area contributed by atoms with Gasteiger partial charge in [0, 0.05) is 11.1 Å². The molecule has 0 radical (unpaired) electrons. The van der Waals surface area contributed by atoms with E-state index in [1.165, 1.54) is 0 Å². The molecule has 80 valence electrons.